The zero-order chi connectivity index (χ0) is 10.5. The van der Waals surface area contributed by atoms with Crippen LogP contribution in [0.25, 0.3) is 6.08 Å². The number of methoxy groups -OCH3 is 1. The molecule has 0 saturated heterocycles. The number of ether oxygens (including phenoxy) is 1. The number of hydrogen-bond acceptors (Lipinski definition) is 3. The summed E-state index contributed by atoms with van der Waals surface area (Å²) in [5.74, 6) is 0.660. The third kappa shape index (κ3) is 3.36. The second-order valence-corrected chi connectivity index (χ2v) is 3.69. The topological polar surface area (TPSA) is 34.1 Å². The predicted molar refractivity (Wildman–Crippen MR) is 60.8 cm³/mol. The van der Waals surface area contributed by atoms with Gasteiger partial charge in [0.1, 0.15) is 0 Å². The monoisotopic (exact) mass is 204 g/mol. The Balaban J connectivity index is 1.84. The van der Waals surface area contributed by atoms with Crippen molar-refractivity contribution < 1.29 is 4.74 Å². The molecule has 0 radical (unpaired) electrons. The first-order valence-electron chi connectivity index (χ1n) is 5.29. The van der Waals surface area contributed by atoms with Crippen LogP contribution in [0.4, 0.5) is 0 Å². The molecule has 15 heavy (non-hydrogen) atoms. The molecule has 3 nitrogen and oxygen atoms in total. The van der Waals surface area contributed by atoms with Crippen LogP contribution in [0.3, 0.4) is 0 Å². The van der Waals surface area contributed by atoms with E-state index in [1.807, 2.05) is 24.3 Å². The largest absolute Gasteiger partial charge is 0.481 e. The molecule has 1 aliphatic rings. The molecule has 1 heterocycles. The fourth-order valence-corrected chi connectivity index (χ4v) is 1.34. The van der Waals surface area contributed by atoms with Crippen molar-refractivity contribution in [2.24, 2.45) is 0 Å². The van der Waals surface area contributed by atoms with Crippen LogP contribution in [0.15, 0.2) is 24.3 Å². The van der Waals surface area contributed by atoms with Gasteiger partial charge in [-0.1, -0.05) is 12.1 Å². The summed E-state index contributed by atoms with van der Waals surface area (Å²) < 4.78 is 5.05. The Labute approximate surface area is 90.2 Å². The van der Waals surface area contributed by atoms with Crippen LogP contribution in [0.5, 0.6) is 5.88 Å². The van der Waals surface area contributed by atoms with Gasteiger partial charge in [-0.2, -0.15) is 0 Å². The van der Waals surface area contributed by atoms with E-state index in [-0.39, 0.29) is 0 Å². The van der Waals surface area contributed by atoms with Gasteiger partial charge in [0, 0.05) is 18.7 Å². The van der Waals surface area contributed by atoms with Crippen LogP contribution in [0, 0.1) is 0 Å². The van der Waals surface area contributed by atoms with Crippen LogP contribution < -0.4 is 10.1 Å². The van der Waals surface area contributed by atoms with Crippen LogP contribution >= 0.6 is 0 Å². The van der Waals surface area contributed by atoms with Gasteiger partial charge in [-0.25, -0.2) is 4.98 Å². The van der Waals surface area contributed by atoms with Gasteiger partial charge in [-0.05, 0) is 25.0 Å². The van der Waals surface area contributed by atoms with E-state index in [4.69, 9.17) is 4.74 Å². The molecule has 1 N–H and O–H groups in total. The quantitative estimate of drug-likeness (QED) is 0.795. The minimum Gasteiger partial charge on any atom is -0.481 e. The van der Waals surface area contributed by atoms with E-state index in [1.165, 1.54) is 12.8 Å². The Bertz CT molecular complexity index is 345. The summed E-state index contributed by atoms with van der Waals surface area (Å²) >= 11 is 0. The zero-order valence-corrected chi connectivity index (χ0v) is 8.94. The maximum absolute atomic E-state index is 5.05. The Hall–Kier alpha value is -1.35. The smallest absolute Gasteiger partial charge is 0.213 e. The van der Waals surface area contributed by atoms with Crippen molar-refractivity contribution >= 4 is 6.08 Å². The predicted octanol–water partition coefficient (Wildman–Crippen LogP) is 1.86. The standard InChI is InChI=1S/C12H16N2O/c1-15-12-6-2-4-11(14-12)5-3-9-13-10-7-8-10/h2-6,10,13H,7-9H2,1H3/b5-3+. The fraction of sp³-hybridized carbons (Fsp3) is 0.417. The molecule has 0 spiro atoms. The van der Waals surface area contributed by atoms with Crippen molar-refractivity contribution in [3.05, 3.63) is 30.0 Å². The van der Waals surface area contributed by atoms with Crippen molar-refractivity contribution in [1.82, 2.24) is 10.3 Å². The number of nitrogens with one attached hydrogen (secondary N) is 1. The minimum absolute atomic E-state index is 0.660. The third-order valence-electron chi connectivity index (χ3n) is 2.34. The Morgan fingerprint density at radius 1 is 1.53 bits per heavy atom. The lowest BCUT2D eigenvalue weighted by Crippen LogP contribution is -2.15. The molecule has 1 aromatic heterocycles. The summed E-state index contributed by atoms with van der Waals surface area (Å²) in [7, 11) is 1.63. The van der Waals surface area contributed by atoms with E-state index in [0.29, 0.717) is 5.88 Å². The van der Waals surface area contributed by atoms with Gasteiger partial charge in [0.2, 0.25) is 5.88 Å². The second kappa shape index (κ2) is 4.94. The molecule has 1 saturated carbocycles. The summed E-state index contributed by atoms with van der Waals surface area (Å²) in [6.45, 7) is 0.920. The van der Waals surface area contributed by atoms with Crippen molar-refractivity contribution in [3.63, 3.8) is 0 Å². The van der Waals surface area contributed by atoms with E-state index >= 15 is 0 Å². The SMILES string of the molecule is COc1cccc(/C=C/CNC2CC2)n1. The summed E-state index contributed by atoms with van der Waals surface area (Å²) in [4.78, 5) is 4.29. The lowest BCUT2D eigenvalue weighted by molar-refractivity contribution is 0.397. The number of nitrogens with zero attached hydrogens (tertiary/aromatic N) is 1. The van der Waals surface area contributed by atoms with Gasteiger partial charge < -0.3 is 10.1 Å². The van der Waals surface area contributed by atoms with Gasteiger partial charge in [0.25, 0.3) is 0 Å². The van der Waals surface area contributed by atoms with E-state index in [0.717, 1.165) is 18.3 Å². The highest BCUT2D eigenvalue weighted by atomic mass is 16.5. The first-order chi connectivity index (χ1) is 7.38. The van der Waals surface area contributed by atoms with E-state index in [9.17, 15) is 0 Å². The average molecular weight is 204 g/mol. The molecular formula is C12H16N2O. The van der Waals surface area contributed by atoms with Crippen molar-refractivity contribution in [2.45, 2.75) is 18.9 Å². The van der Waals surface area contributed by atoms with Gasteiger partial charge in [0.15, 0.2) is 0 Å². The lowest BCUT2D eigenvalue weighted by Gasteiger charge is -1.99. The van der Waals surface area contributed by atoms with Crippen molar-refractivity contribution in [2.75, 3.05) is 13.7 Å². The molecule has 0 aromatic carbocycles. The van der Waals surface area contributed by atoms with Crippen LogP contribution in [-0.2, 0) is 0 Å². The number of pyridine rings is 1. The summed E-state index contributed by atoms with van der Waals surface area (Å²) in [6, 6.07) is 6.52. The molecule has 3 heteroatoms. The van der Waals surface area contributed by atoms with Gasteiger partial charge in [-0.3, -0.25) is 0 Å². The number of hydrogen-bond donors (Lipinski definition) is 1. The molecule has 1 fully saturated rings. The fourth-order valence-electron chi connectivity index (χ4n) is 1.34. The summed E-state index contributed by atoms with van der Waals surface area (Å²) in [5.41, 5.74) is 0.937. The van der Waals surface area contributed by atoms with Gasteiger partial charge in [-0.15, -0.1) is 0 Å². The molecular weight excluding hydrogens is 188 g/mol. The summed E-state index contributed by atoms with van der Waals surface area (Å²) in [6.07, 6.45) is 6.76. The van der Waals surface area contributed by atoms with Crippen LogP contribution in [0.2, 0.25) is 0 Å². The normalized spacial score (nSPS) is 15.8. The number of aromatic nitrogens is 1. The molecule has 0 amide bonds. The molecule has 0 aliphatic heterocycles. The number of rotatable bonds is 5. The molecule has 80 valence electrons. The highest BCUT2D eigenvalue weighted by Gasteiger charge is 2.18. The minimum atomic E-state index is 0.660. The Morgan fingerprint density at radius 2 is 2.40 bits per heavy atom. The Morgan fingerprint density at radius 3 is 3.13 bits per heavy atom. The average Bonchev–Trinajstić information content (AvgIpc) is 3.09. The molecule has 0 atom stereocenters. The lowest BCUT2D eigenvalue weighted by atomic mass is 10.3. The van der Waals surface area contributed by atoms with E-state index in [1.54, 1.807) is 7.11 Å². The first-order valence-corrected chi connectivity index (χ1v) is 5.29. The highest BCUT2D eigenvalue weighted by molar-refractivity contribution is 5.45. The van der Waals surface area contributed by atoms with Crippen molar-refractivity contribution in [3.8, 4) is 5.88 Å². The molecule has 1 aromatic rings. The zero-order valence-electron chi connectivity index (χ0n) is 8.94. The van der Waals surface area contributed by atoms with E-state index < -0.39 is 0 Å². The highest BCUT2D eigenvalue weighted by Crippen LogP contribution is 2.18. The van der Waals surface area contributed by atoms with E-state index in [2.05, 4.69) is 16.4 Å². The van der Waals surface area contributed by atoms with Gasteiger partial charge in [0.05, 0.1) is 12.8 Å². The second-order valence-electron chi connectivity index (χ2n) is 3.69. The maximum atomic E-state index is 5.05. The van der Waals surface area contributed by atoms with Gasteiger partial charge >= 0.3 is 0 Å². The molecule has 2 rings (SSSR count). The maximum Gasteiger partial charge on any atom is 0.213 e. The molecule has 0 unspecified atom stereocenters. The molecule has 1 aliphatic carbocycles. The molecule has 0 bridgehead atoms. The van der Waals surface area contributed by atoms with Crippen LogP contribution in [0.1, 0.15) is 18.5 Å². The summed E-state index contributed by atoms with van der Waals surface area (Å²) in [5, 5.41) is 3.41. The van der Waals surface area contributed by atoms with Crippen LogP contribution in [-0.4, -0.2) is 24.7 Å². The first kappa shape index (κ1) is 10.2. The third-order valence-corrected chi connectivity index (χ3v) is 2.34. The Kier molecular flexibility index (Phi) is 3.35. The van der Waals surface area contributed by atoms with Crippen molar-refractivity contribution in [1.29, 1.82) is 0 Å².